The van der Waals surface area contributed by atoms with Crippen LogP contribution in [0, 0.1) is 12.8 Å². The lowest BCUT2D eigenvalue weighted by Gasteiger charge is -2.09. The summed E-state index contributed by atoms with van der Waals surface area (Å²) in [5.74, 6) is 1.69. The van der Waals surface area contributed by atoms with Crippen molar-refractivity contribution < 1.29 is 4.42 Å². The molecule has 3 nitrogen and oxygen atoms in total. The van der Waals surface area contributed by atoms with Gasteiger partial charge >= 0.3 is 0 Å². The van der Waals surface area contributed by atoms with Crippen molar-refractivity contribution in [3.63, 3.8) is 0 Å². The van der Waals surface area contributed by atoms with Gasteiger partial charge in [0.2, 0.25) is 0 Å². The molecule has 14 heavy (non-hydrogen) atoms. The van der Waals surface area contributed by atoms with Gasteiger partial charge in [-0.1, -0.05) is 25.6 Å². The topological polar surface area (TPSA) is 38.1 Å². The van der Waals surface area contributed by atoms with E-state index in [0.29, 0.717) is 5.92 Å². The summed E-state index contributed by atoms with van der Waals surface area (Å²) in [5, 5.41) is 4.11. The SMILES string of the molecule is CCNCC(C)CSc1nc(C)co1. The Hall–Kier alpha value is -0.480. The number of aryl methyl sites for hydroxylation is 1. The Morgan fingerprint density at radius 2 is 2.43 bits per heavy atom. The number of oxazole rings is 1. The molecule has 1 heterocycles. The maximum Gasteiger partial charge on any atom is 0.255 e. The Morgan fingerprint density at radius 3 is 3.00 bits per heavy atom. The van der Waals surface area contributed by atoms with E-state index < -0.39 is 0 Å². The van der Waals surface area contributed by atoms with Gasteiger partial charge in [0.1, 0.15) is 6.26 Å². The van der Waals surface area contributed by atoms with Gasteiger partial charge in [-0.2, -0.15) is 0 Å². The van der Waals surface area contributed by atoms with Crippen LogP contribution >= 0.6 is 11.8 Å². The van der Waals surface area contributed by atoms with Crippen LogP contribution in [0.4, 0.5) is 0 Å². The number of hydrogen-bond acceptors (Lipinski definition) is 4. The van der Waals surface area contributed by atoms with Crippen LogP contribution in [-0.4, -0.2) is 23.8 Å². The molecule has 0 saturated heterocycles. The average Bonchev–Trinajstić information content (AvgIpc) is 2.58. The highest BCUT2D eigenvalue weighted by Crippen LogP contribution is 2.19. The van der Waals surface area contributed by atoms with E-state index in [1.807, 2.05) is 6.92 Å². The quantitative estimate of drug-likeness (QED) is 0.738. The van der Waals surface area contributed by atoms with Crippen LogP contribution in [0.15, 0.2) is 15.9 Å². The summed E-state index contributed by atoms with van der Waals surface area (Å²) >= 11 is 1.68. The molecule has 1 aromatic heterocycles. The van der Waals surface area contributed by atoms with Crippen molar-refractivity contribution in [2.75, 3.05) is 18.8 Å². The lowest BCUT2D eigenvalue weighted by molar-refractivity contribution is 0.452. The monoisotopic (exact) mass is 214 g/mol. The first kappa shape index (κ1) is 11.6. The Labute approximate surface area is 89.7 Å². The second kappa shape index (κ2) is 6.09. The normalized spacial score (nSPS) is 13.1. The van der Waals surface area contributed by atoms with Crippen LogP contribution in [-0.2, 0) is 0 Å². The largest absolute Gasteiger partial charge is 0.440 e. The fraction of sp³-hybridized carbons (Fsp3) is 0.700. The predicted molar refractivity (Wildman–Crippen MR) is 59.7 cm³/mol. The molecule has 0 aliphatic heterocycles. The zero-order valence-corrected chi connectivity index (χ0v) is 9.86. The molecule has 1 unspecified atom stereocenters. The highest BCUT2D eigenvalue weighted by Gasteiger charge is 2.05. The van der Waals surface area contributed by atoms with E-state index in [2.05, 4.69) is 24.1 Å². The van der Waals surface area contributed by atoms with Gasteiger partial charge in [-0.05, 0) is 25.9 Å². The van der Waals surface area contributed by atoms with E-state index in [1.165, 1.54) is 0 Å². The molecule has 4 heteroatoms. The van der Waals surface area contributed by atoms with Crippen molar-refractivity contribution in [2.24, 2.45) is 5.92 Å². The Balaban J connectivity index is 2.20. The lowest BCUT2D eigenvalue weighted by Crippen LogP contribution is -2.21. The van der Waals surface area contributed by atoms with Gasteiger partial charge in [-0.25, -0.2) is 4.98 Å². The fourth-order valence-corrected chi connectivity index (χ4v) is 1.93. The highest BCUT2D eigenvalue weighted by atomic mass is 32.2. The zero-order chi connectivity index (χ0) is 10.4. The van der Waals surface area contributed by atoms with Crippen molar-refractivity contribution in [1.82, 2.24) is 10.3 Å². The zero-order valence-electron chi connectivity index (χ0n) is 9.04. The minimum Gasteiger partial charge on any atom is -0.440 e. The van der Waals surface area contributed by atoms with Crippen molar-refractivity contribution in [2.45, 2.75) is 26.0 Å². The number of nitrogens with one attached hydrogen (secondary N) is 1. The Kier molecular flexibility index (Phi) is 5.04. The van der Waals surface area contributed by atoms with Gasteiger partial charge in [-0.15, -0.1) is 0 Å². The summed E-state index contributed by atoms with van der Waals surface area (Å²) in [6.45, 7) is 8.38. The molecule has 0 spiro atoms. The summed E-state index contributed by atoms with van der Waals surface area (Å²) in [6.07, 6.45) is 1.69. The Bertz CT molecular complexity index is 262. The minimum absolute atomic E-state index is 0.646. The maximum atomic E-state index is 5.25. The number of aromatic nitrogens is 1. The van der Waals surface area contributed by atoms with Crippen LogP contribution < -0.4 is 5.32 Å². The molecule has 1 aromatic rings. The van der Waals surface area contributed by atoms with Crippen LogP contribution in [0.1, 0.15) is 19.5 Å². The molecule has 0 fully saturated rings. The number of nitrogens with zero attached hydrogens (tertiary/aromatic N) is 1. The van der Waals surface area contributed by atoms with Gasteiger partial charge in [0.05, 0.1) is 5.69 Å². The summed E-state index contributed by atoms with van der Waals surface area (Å²) in [4.78, 5) is 4.24. The van der Waals surface area contributed by atoms with Gasteiger partial charge in [0.25, 0.3) is 5.22 Å². The molecule has 0 aliphatic carbocycles. The third kappa shape index (κ3) is 4.15. The fourth-order valence-electron chi connectivity index (χ4n) is 1.06. The summed E-state index contributed by atoms with van der Waals surface area (Å²) in [6, 6.07) is 0. The second-order valence-corrected chi connectivity index (χ2v) is 4.45. The van der Waals surface area contributed by atoms with E-state index in [9.17, 15) is 0 Å². The average molecular weight is 214 g/mol. The minimum atomic E-state index is 0.646. The molecule has 0 aromatic carbocycles. The van der Waals surface area contributed by atoms with Gasteiger partial charge in [0.15, 0.2) is 0 Å². The molecule has 0 saturated carbocycles. The molecule has 0 amide bonds. The molecule has 0 radical (unpaired) electrons. The summed E-state index contributed by atoms with van der Waals surface area (Å²) in [7, 11) is 0. The van der Waals surface area contributed by atoms with Gasteiger partial charge < -0.3 is 9.73 Å². The van der Waals surface area contributed by atoms with Crippen molar-refractivity contribution >= 4 is 11.8 Å². The number of rotatable bonds is 6. The van der Waals surface area contributed by atoms with Crippen LogP contribution in [0.2, 0.25) is 0 Å². The van der Waals surface area contributed by atoms with E-state index >= 15 is 0 Å². The predicted octanol–water partition coefficient (Wildman–Crippen LogP) is 2.32. The van der Waals surface area contributed by atoms with E-state index in [-0.39, 0.29) is 0 Å². The molecular weight excluding hydrogens is 196 g/mol. The first-order valence-corrected chi connectivity index (χ1v) is 5.96. The van der Waals surface area contributed by atoms with Crippen molar-refractivity contribution in [3.05, 3.63) is 12.0 Å². The van der Waals surface area contributed by atoms with E-state index in [4.69, 9.17) is 4.42 Å². The third-order valence-corrected chi connectivity index (χ3v) is 3.00. The highest BCUT2D eigenvalue weighted by molar-refractivity contribution is 7.99. The molecule has 1 rings (SSSR count). The Morgan fingerprint density at radius 1 is 1.64 bits per heavy atom. The van der Waals surface area contributed by atoms with Gasteiger partial charge in [0, 0.05) is 5.75 Å². The smallest absolute Gasteiger partial charge is 0.255 e. The third-order valence-electron chi connectivity index (χ3n) is 1.83. The van der Waals surface area contributed by atoms with Crippen molar-refractivity contribution in [3.8, 4) is 0 Å². The molecule has 1 atom stereocenters. The van der Waals surface area contributed by atoms with Gasteiger partial charge in [-0.3, -0.25) is 0 Å². The first-order valence-electron chi connectivity index (χ1n) is 4.98. The molecule has 0 aliphatic rings. The number of thioether (sulfide) groups is 1. The van der Waals surface area contributed by atoms with Crippen LogP contribution in [0.25, 0.3) is 0 Å². The molecule has 1 N–H and O–H groups in total. The molecular formula is C10H18N2OS. The summed E-state index contributed by atoms with van der Waals surface area (Å²) in [5.41, 5.74) is 0.951. The maximum absolute atomic E-state index is 5.25. The molecule has 80 valence electrons. The first-order chi connectivity index (χ1) is 6.72. The molecule has 0 bridgehead atoms. The van der Waals surface area contributed by atoms with E-state index in [0.717, 1.165) is 29.8 Å². The van der Waals surface area contributed by atoms with E-state index in [1.54, 1.807) is 18.0 Å². The second-order valence-electron chi connectivity index (χ2n) is 3.48. The lowest BCUT2D eigenvalue weighted by atomic mass is 10.2. The van der Waals surface area contributed by atoms with Crippen LogP contribution in [0.5, 0.6) is 0 Å². The number of hydrogen-bond donors (Lipinski definition) is 1. The van der Waals surface area contributed by atoms with Crippen LogP contribution in [0.3, 0.4) is 0 Å². The van der Waals surface area contributed by atoms with Crippen molar-refractivity contribution in [1.29, 1.82) is 0 Å². The standard InChI is InChI=1S/C10H18N2OS/c1-4-11-5-8(2)7-14-10-12-9(3)6-13-10/h6,8,11H,4-5,7H2,1-3H3. The summed E-state index contributed by atoms with van der Waals surface area (Å²) < 4.78 is 5.25.